The maximum atomic E-state index is 13.5. The second-order valence-corrected chi connectivity index (χ2v) is 5.87. The van der Waals surface area contributed by atoms with E-state index < -0.39 is 6.10 Å². The van der Waals surface area contributed by atoms with Crippen LogP contribution < -0.4 is 0 Å². The van der Waals surface area contributed by atoms with Crippen molar-refractivity contribution in [1.82, 2.24) is 4.90 Å². The van der Waals surface area contributed by atoms with Crippen LogP contribution >= 0.6 is 0 Å². The monoisotopic (exact) mass is 265 g/mol. The maximum absolute atomic E-state index is 13.5. The zero-order valence-corrected chi connectivity index (χ0v) is 11.8. The summed E-state index contributed by atoms with van der Waals surface area (Å²) >= 11 is 0. The van der Waals surface area contributed by atoms with Crippen molar-refractivity contribution in [1.29, 1.82) is 0 Å². The Balaban J connectivity index is 1.84. The molecule has 3 heteroatoms. The average Bonchev–Trinajstić information content (AvgIpc) is 2.40. The third-order valence-electron chi connectivity index (χ3n) is 4.40. The zero-order chi connectivity index (χ0) is 13.8. The number of aliphatic hydroxyl groups is 1. The molecule has 1 aromatic rings. The molecule has 0 radical (unpaired) electrons. The van der Waals surface area contributed by atoms with Crippen LogP contribution in [-0.2, 0) is 0 Å². The highest BCUT2D eigenvalue weighted by Crippen LogP contribution is 2.24. The molecule has 2 rings (SSSR count). The van der Waals surface area contributed by atoms with Gasteiger partial charge in [0.1, 0.15) is 5.82 Å². The summed E-state index contributed by atoms with van der Waals surface area (Å²) in [4.78, 5) is 2.38. The lowest BCUT2D eigenvalue weighted by Crippen LogP contribution is -2.39. The summed E-state index contributed by atoms with van der Waals surface area (Å²) in [5.41, 5.74) is 0.418. The van der Waals surface area contributed by atoms with Gasteiger partial charge in [-0.1, -0.05) is 32.0 Å². The SMILES string of the molecule is CC1CCN(CCC(O)c2ccccc2F)CC1C. The van der Waals surface area contributed by atoms with E-state index in [1.54, 1.807) is 18.2 Å². The Bertz CT molecular complexity index is 409. The van der Waals surface area contributed by atoms with Crippen molar-refractivity contribution in [3.63, 3.8) is 0 Å². The van der Waals surface area contributed by atoms with Gasteiger partial charge in [0.15, 0.2) is 0 Å². The Hall–Kier alpha value is -0.930. The van der Waals surface area contributed by atoms with E-state index in [2.05, 4.69) is 18.7 Å². The van der Waals surface area contributed by atoms with Crippen LogP contribution in [0.1, 0.15) is 38.4 Å². The Morgan fingerprint density at radius 3 is 2.74 bits per heavy atom. The summed E-state index contributed by atoms with van der Waals surface area (Å²) in [6.07, 6.45) is 1.12. The zero-order valence-electron chi connectivity index (χ0n) is 11.8. The average molecular weight is 265 g/mol. The van der Waals surface area contributed by atoms with Crippen molar-refractivity contribution in [3.05, 3.63) is 35.6 Å². The molecule has 1 N–H and O–H groups in total. The molecule has 0 spiro atoms. The number of benzene rings is 1. The first kappa shape index (κ1) is 14.5. The minimum atomic E-state index is -0.698. The lowest BCUT2D eigenvalue weighted by Gasteiger charge is -2.35. The van der Waals surface area contributed by atoms with Gasteiger partial charge in [-0.05, 0) is 37.3 Å². The van der Waals surface area contributed by atoms with Gasteiger partial charge in [-0.2, -0.15) is 0 Å². The number of aliphatic hydroxyl groups excluding tert-OH is 1. The molecule has 1 saturated heterocycles. The molecule has 0 aliphatic carbocycles. The van der Waals surface area contributed by atoms with Gasteiger partial charge in [0, 0.05) is 18.7 Å². The summed E-state index contributed by atoms with van der Waals surface area (Å²) in [6.45, 7) is 7.60. The molecule has 1 aromatic carbocycles. The van der Waals surface area contributed by atoms with Gasteiger partial charge in [0.2, 0.25) is 0 Å². The van der Waals surface area contributed by atoms with Gasteiger partial charge in [-0.15, -0.1) is 0 Å². The number of hydrogen-bond acceptors (Lipinski definition) is 2. The fraction of sp³-hybridized carbons (Fsp3) is 0.625. The first-order valence-electron chi connectivity index (χ1n) is 7.22. The molecule has 0 amide bonds. The van der Waals surface area contributed by atoms with Gasteiger partial charge in [-0.3, -0.25) is 0 Å². The van der Waals surface area contributed by atoms with Crippen LogP contribution in [0.2, 0.25) is 0 Å². The lowest BCUT2D eigenvalue weighted by atomic mass is 9.88. The van der Waals surface area contributed by atoms with E-state index in [4.69, 9.17) is 0 Å². The molecule has 1 fully saturated rings. The minimum Gasteiger partial charge on any atom is -0.388 e. The number of nitrogens with zero attached hydrogens (tertiary/aromatic N) is 1. The standard InChI is InChI=1S/C16H24FNO/c1-12-7-9-18(11-13(12)2)10-8-16(19)14-5-3-4-6-15(14)17/h3-6,12-13,16,19H,7-11H2,1-2H3. The molecular weight excluding hydrogens is 241 g/mol. The first-order valence-corrected chi connectivity index (χ1v) is 7.22. The van der Waals surface area contributed by atoms with E-state index >= 15 is 0 Å². The van der Waals surface area contributed by atoms with E-state index in [9.17, 15) is 9.50 Å². The van der Waals surface area contributed by atoms with E-state index in [0.717, 1.165) is 25.6 Å². The molecule has 106 valence electrons. The summed E-state index contributed by atoms with van der Waals surface area (Å²) in [5, 5.41) is 10.1. The quantitative estimate of drug-likeness (QED) is 0.903. The fourth-order valence-electron chi connectivity index (χ4n) is 2.76. The molecule has 2 nitrogen and oxygen atoms in total. The minimum absolute atomic E-state index is 0.310. The third kappa shape index (κ3) is 3.77. The van der Waals surface area contributed by atoms with Crippen molar-refractivity contribution < 1.29 is 9.50 Å². The molecule has 19 heavy (non-hydrogen) atoms. The van der Waals surface area contributed by atoms with Crippen LogP contribution in [0.3, 0.4) is 0 Å². The number of rotatable bonds is 4. The largest absolute Gasteiger partial charge is 0.388 e. The molecule has 1 heterocycles. The summed E-state index contributed by atoms with van der Waals surface area (Å²) < 4.78 is 13.5. The van der Waals surface area contributed by atoms with Gasteiger partial charge >= 0.3 is 0 Å². The van der Waals surface area contributed by atoms with Gasteiger partial charge in [0.05, 0.1) is 6.10 Å². The van der Waals surface area contributed by atoms with Crippen molar-refractivity contribution in [3.8, 4) is 0 Å². The highest BCUT2D eigenvalue weighted by atomic mass is 19.1. The van der Waals surface area contributed by atoms with Gasteiger partial charge in [-0.25, -0.2) is 4.39 Å². The molecule has 1 aliphatic rings. The molecule has 3 atom stereocenters. The predicted octanol–water partition coefficient (Wildman–Crippen LogP) is 3.23. The number of hydrogen-bond donors (Lipinski definition) is 1. The number of halogens is 1. The number of likely N-dealkylation sites (tertiary alicyclic amines) is 1. The van der Waals surface area contributed by atoms with Crippen LogP contribution in [0, 0.1) is 17.7 Å². The van der Waals surface area contributed by atoms with Crippen molar-refractivity contribution in [2.45, 2.75) is 32.8 Å². The van der Waals surface area contributed by atoms with E-state index in [-0.39, 0.29) is 5.82 Å². The number of piperidine rings is 1. The third-order valence-corrected chi connectivity index (χ3v) is 4.40. The predicted molar refractivity (Wildman–Crippen MR) is 75.4 cm³/mol. The Morgan fingerprint density at radius 2 is 2.05 bits per heavy atom. The molecule has 0 aromatic heterocycles. The second kappa shape index (κ2) is 6.49. The van der Waals surface area contributed by atoms with Crippen LogP contribution in [0.4, 0.5) is 4.39 Å². The lowest BCUT2D eigenvalue weighted by molar-refractivity contribution is 0.101. The van der Waals surface area contributed by atoms with E-state index in [1.165, 1.54) is 12.5 Å². The van der Waals surface area contributed by atoms with Crippen molar-refractivity contribution in [2.24, 2.45) is 11.8 Å². The van der Waals surface area contributed by atoms with Crippen LogP contribution in [0.5, 0.6) is 0 Å². The highest BCUT2D eigenvalue weighted by molar-refractivity contribution is 5.19. The normalized spacial score (nSPS) is 26.3. The summed E-state index contributed by atoms with van der Waals surface area (Å²) in [7, 11) is 0. The van der Waals surface area contributed by atoms with Crippen molar-refractivity contribution >= 4 is 0 Å². The molecule has 0 bridgehead atoms. The fourth-order valence-corrected chi connectivity index (χ4v) is 2.76. The molecule has 1 aliphatic heterocycles. The van der Waals surface area contributed by atoms with Gasteiger partial charge in [0.25, 0.3) is 0 Å². The Kier molecular flexibility index (Phi) is 4.94. The van der Waals surface area contributed by atoms with Crippen LogP contribution in [0.25, 0.3) is 0 Å². The van der Waals surface area contributed by atoms with E-state index in [1.807, 2.05) is 0 Å². The smallest absolute Gasteiger partial charge is 0.128 e. The molecule has 0 saturated carbocycles. The van der Waals surface area contributed by atoms with Gasteiger partial charge < -0.3 is 10.0 Å². The molecular formula is C16H24FNO. The van der Waals surface area contributed by atoms with Crippen LogP contribution in [0.15, 0.2) is 24.3 Å². The topological polar surface area (TPSA) is 23.5 Å². The Morgan fingerprint density at radius 1 is 1.32 bits per heavy atom. The Labute approximate surface area is 115 Å². The first-order chi connectivity index (χ1) is 9.08. The summed E-state index contributed by atoms with van der Waals surface area (Å²) in [6, 6.07) is 6.50. The summed E-state index contributed by atoms with van der Waals surface area (Å²) in [5.74, 6) is 1.18. The van der Waals surface area contributed by atoms with Crippen LogP contribution in [-0.4, -0.2) is 29.6 Å². The molecule has 3 unspecified atom stereocenters. The highest BCUT2D eigenvalue weighted by Gasteiger charge is 2.23. The van der Waals surface area contributed by atoms with Crippen molar-refractivity contribution in [2.75, 3.05) is 19.6 Å². The maximum Gasteiger partial charge on any atom is 0.128 e. The van der Waals surface area contributed by atoms with E-state index in [0.29, 0.717) is 17.9 Å². The second-order valence-electron chi connectivity index (χ2n) is 5.87.